The first-order valence-electron chi connectivity index (χ1n) is 6.98. The van der Waals surface area contributed by atoms with E-state index in [-0.39, 0.29) is 30.2 Å². The molecule has 0 aromatic heterocycles. The van der Waals surface area contributed by atoms with Gasteiger partial charge in [-0.1, -0.05) is 11.6 Å². The number of halogens is 1. The molecule has 0 radical (unpaired) electrons. The number of benzene rings is 2. The van der Waals surface area contributed by atoms with Gasteiger partial charge in [0.1, 0.15) is 11.5 Å². The van der Waals surface area contributed by atoms with E-state index in [2.05, 4.69) is 5.32 Å². The van der Waals surface area contributed by atoms with Crippen molar-refractivity contribution in [3.05, 3.63) is 62.7 Å². The molecule has 0 aliphatic heterocycles. The minimum atomic E-state index is -0.573. The Labute approximate surface area is 143 Å². The van der Waals surface area contributed by atoms with E-state index in [1.165, 1.54) is 18.2 Å². The number of hydrogen-bond acceptors (Lipinski definition) is 5. The zero-order valence-corrected chi connectivity index (χ0v) is 13.5. The molecule has 0 atom stereocenters. The van der Waals surface area contributed by atoms with Crippen LogP contribution in [0.3, 0.4) is 0 Å². The number of ether oxygens (including phenoxy) is 1. The molecule has 2 aromatic carbocycles. The predicted octanol–water partition coefficient (Wildman–Crippen LogP) is 2.96. The van der Waals surface area contributed by atoms with Crippen molar-refractivity contribution < 1.29 is 19.6 Å². The summed E-state index contributed by atoms with van der Waals surface area (Å²) in [5.41, 5.74) is 0.918. The maximum atomic E-state index is 11.8. The molecule has 0 unspecified atom stereocenters. The second-order valence-corrected chi connectivity index (χ2v) is 5.45. The fourth-order valence-electron chi connectivity index (χ4n) is 1.93. The van der Waals surface area contributed by atoms with Crippen LogP contribution in [-0.2, 0) is 11.3 Å². The third-order valence-electron chi connectivity index (χ3n) is 3.25. The Balaban J connectivity index is 1.90. The van der Waals surface area contributed by atoms with Crippen LogP contribution >= 0.6 is 11.6 Å². The Morgan fingerprint density at radius 2 is 2.08 bits per heavy atom. The third-order valence-corrected chi connectivity index (χ3v) is 3.67. The van der Waals surface area contributed by atoms with E-state index in [1.807, 2.05) is 6.92 Å². The monoisotopic (exact) mass is 350 g/mol. The SMILES string of the molecule is Cc1cc(OCC(=O)NCc2cc([N+](=O)[O-])ccc2O)ccc1Cl. The maximum absolute atomic E-state index is 11.8. The molecule has 0 fully saturated rings. The number of nitrogens with zero attached hydrogens (tertiary/aromatic N) is 1. The average molecular weight is 351 g/mol. The van der Waals surface area contributed by atoms with Crippen LogP contribution in [0, 0.1) is 17.0 Å². The van der Waals surface area contributed by atoms with Crippen LogP contribution in [0.2, 0.25) is 5.02 Å². The van der Waals surface area contributed by atoms with E-state index in [4.69, 9.17) is 16.3 Å². The second-order valence-electron chi connectivity index (χ2n) is 5.05. The molecule has 2 rings (SSSR count). The Bertz CT molecular complexity index is 779. The van der Waals surface area contributed by atoms with Gasteiger partial charge < -0.3 is 15.2 Å². The summed E-state index contributed by atoms with van der Waals surface area (Å²) in [6.07, 6.45) is 0. The molecular formula is C16H15ClN2O5. The van der Waals surface area contributed by atoms with E-state index >= 15 is 0 Å². The highest BCUT2D eigenvalue weighted by atomic mass is 35.5. The number of nitrogens with one attached hydrogen (secondary N) is 1. The van der Waals surface area contributed by atoms with Crippen molar-refractivity contribution in [3.8, 4) is 11.5 Å². The van der Waals surface area contributed by atoms with E-state index in [9.17, 15) is 20.0 Å². The number of phenols is 1. The third kappa shape index (κ3) is 4.60. The van der Waals surface area contributed by atoms with Gasteiger partial charge in [0.2, 0.25) is 0 Å². The molecular weight excluding hydrogens is 336 g/mol. The predicted molar refractivity (Wildman–Crippen MR) is 88.3 cm³/mol. The number of amides is 1. The Kier molecular flexibility index (Phi) is 5.59. The molecule has 2 aromatic rings. The lowest BCUT2D eigenvalue weighted by Gasteiger charge is -2.09. The summed E-state index contributed by atoms with van der Waals surface area (Å²) < 4.78 is 5.34. The molecule has 0 saturated carbocycles. The molecule has 8 heteroatoms. The van der Waals surface area contributed by atoms with Gasteiger partial charge in [0.25, 0.3) is 11.6 Å². The van der Waals surface area contributed by atoms with Gasteiger partial charge in [0.05, 0.1) is 4.92 Å². The maximum Gasteiger partial charge on any atom is 0.270 e. The number of aromatic hydroxyl groups is 1. The van der Waals surface area contributed by atoms with Crippen LogP contribution in [0.1, 0.15) is 11.1 Å². The van der Waals surface area contributed by atoms with Crippen LogP contribution in [0.25, 0.3) is 0 Å². The fraction of sp³-hybridized carbons (Fsp3) is 0.188. The highest BCUT2D eigenvalue weighted by Gasteiger charge is 2.11. The van der Waals surface area contributed by atoms with E-state index in [0.29, 0.717) is 10.8 Å². The number of non-ortho nitro benzene ring substituents is 1. The first-order chi connectivity index (χ1) is 11.4. The highest BCUT2D eigenvalue weighted by Crippen LogP contribution is 2.23. The number of hydrogen-bond donors (Lipinski definition) is 2. The zero-order valence-electron chi connectivity index (χ0n) is 12.8. The van der Waals surface area contributed by atoms with Crippen LogP contribution in [0.4, 0.5) is 5.69 Å². The van der Waals surface area contributed by atoms with E-state index in [0.717, 1.165) is 5.56 Å². The van der Waals surface area contributed by atoms with Gasteiger partial charge in [-0.25, -0.2) is 0 Å². The lowest BCUT2D eigenvalue weighted by Crippen LogP contribution is -2.28. The van der Waals surface area contributed by atoms with Crippen LogP contribution in [-0.4, -0.2) is 22.5 Å². The Morgan fingerprint density at radius 3 is 2.75 bits per heavy atom. The molecule has 24 heavy (non-hydrogen) atoms. The van der Waals surface area contributed by atoms with Crippen molar-refractivity contribution in [2.24, 2.45) is 0 Å². The quantitative estimate of drug-likeness (QED) is 0.616. The lowest BCUT2D eigenvalue weighted by molar-refractivity contribution is -0.384. The topological polar surface area (TPSA) is 102 Å². The van der Waals surface area contributed by atoms with Gasteiger partial charge in [-0.05, 0) is 36.8 Å². The summed E-state index contributed by atoms with van der Waals surface area (Å²) in [6, 6.07) is 8.64. The average Bonchev–Trinajstić information content (AvgIpc) is 2.55. The number of rotatable bonds is 6. The smallest absolute Gasteiger partial charge is 0.270 e. The molecule has 0 heterocycles. The van der Waals surface area contributed by atoms with E-state index < -0.39 is 10.8 Å². The first-order valence-corrected chi connectivity index (χ1v) is 7.36. The number of carbonyl (C=O) groups excluding carboxylic acids is 1. The Hall–Kier alpha value is -2.80. The number of nitro groups is 1. The fourth-order valence-corrected chi connectivity index (χ4v) is 2.05. The van der Waals surface area contributed by atoms with Gasteiger partial charge in [0, 0.05) is 29.3 Å². The standard InChI is InChI=1S/C16H15ClN2O5/c1-10-6-13(3-4-14(10)17)24-9-16(21)18-8-11-7-12(19(22)23)2-5-15(11)20/h2-7,20H,8-9H2,1H3,(H,18,21). The number of phenolic OH excluding ortho intramolecular Hbond substituents is 1. The number of aryl methyl sites for hydroxylation is 1. The summed E-state index contributed by atoms with van der Waals surface area (Å²) in [7, 11) is 0. The molecule has 7 nitrogen and oxygen atoms in total. The molecule has 2 N–H and O–H groups in total. The van der Waals surface area contributed by atoms with Gasteiger partial charge in [-0.15, -0.1) is 0 Å². The second kappa shape index (κ2) is 7.65. The van der Waals surface area contributed by atoms with Crippen molar-refractivity contribution in [1.82, 2.24) is 5.32 Å². The molecule has 0 aliphatic rings. The van der Waals surface area contributed by atoms with Crippen molar-refractivity contribution >= 4 is 23.2 Å². The highest BCUT2D eigenvalue weighted by molar-refractivity contribution is 6.31. The van der Waals surface area contributed by atoms with Gasteiger partial charge >= 0.3 is 0 Å². The summed E-state index contributed by atoms with van der Waals surface area (Å²) in [5.74, 6) is -0.0473. The van der Waals surface area contributed by atoms with Crippen LogP contribution in [0.15, 0.2) is 36.4 Å². The largest absolute Gasteiger partial charge is 0.508 e. The summed E-state index contributed by atoms with van der Waals surface area (Å²) in [4.78, 5) is 21.9. The normalized spacial score (nSPS) is 10.2. The summed E-state index contributed by atoms with van der Waals surface area (Å²) in [5, 5.41) is 23.5. The number of carbonyl (C=O) groups is 1. The van der Waals surface area contributed by atoms with Crippen molar-refractivity contribution in [2.45, 2.75) is 13.5 Å². The number of nitro benzene ring substituents is 1. The molecule has 1 amide bonds. The molecule has 126 valence electrons. The first kappa shape index (κ1) is 17.6. The minimum absolute atomic E-state index is 0.0463. The van der Waals surface area contributed by atoms with Crippen molar-refractivity contribution in [2.75, 3.05) is 6.61 Å². The van der Waals surface area contributed by atoms with E-state index in [1.54, 1.807) is 18.2 Å². The van der Waals surface area contributed by atoms with Crippen molar-refractivity contribution in [1.29, 1.82) is 0 Å². The molecule has 0 saturated heterocycles. The molecule has 0 aliphatic carbocycles. The lowest BCUT2D eigenvalue weighted by atomic mass is 10.2. The van der Waals surface area contributed by atoms with Gasteiger partial charge in [0.15, 0.2) is 6.61 Å². The summed E-state index contributed by atoms with van der Waals surface area (Å²) in [6.45, 7) is 1.55. The molecule has 0 spiro atoms. The summed E-state index contributed by atoms with van der Waals surface area (Å²) >= 11 is 5.90. The minimum Gasteiger partial charge on any atom is -0.508 e. The van der Waals surface area contributed by atoms with Gasteiger partial charge in [-0.3, -0.25) is 14.9 Å². The Morgan fingerprint density at radius 1 is 1.33 bits per heavy atom. The van der Waals surface area contributed by atoms with Gasteiger partial charge in [-0.2, -0.15) is 0 Å². The van der Waals surface area contributed by atoms with Crippen molar-refractivity contribution in [3.63, 3.8) is 0 Å². The molecule has 0 bridgehead atoms. The van der Waals surface area contributed by atoms with Crippen LogP contribution in [0.5, 0.6) is 11.5 Å². The van der Waals surface area contributed by atoms with Crippen LogP contribution < -0.4 is 10.1 Å². The zero-order chi connectivity index (χ0) is 17.7.